The molecule has 1 aromatic heterocycles. The van der Waals surface area contributed by atoms with Crippen molar-refractivity contribution in [1.29, 1.82) is 0 Å². The lowest BCUT2D eigenvalue weighted by Gasteiger charge is -2.49. The van der Waals surface area contributed by atoms with Crippen LogP contribution in [0.15, 0.2) is 126 Å². The predicted molar refractivity (Wildman–Crippen MR) is 211 cm³/mol. The van der Waals surface area contributed by atoms with Crippen LogP contribution in [0.4, 0.5) is 4.79 Å². The summed E-state index contributed by atoms with van der Waals surface area (Å²) in [5, 5.41) is 4.97. The normalized spacial score (nSPS) is 16.2. The number of amides is 2. The minimum Gasteiger partial charge on any atom is -0.452 e. The number of fused-ring (bicyclic) bond motifs is 1. The second-order valence-electron chi connectivity index (χ2n) is 12.2. The zero-order chi connectivity index (χ0) is 38.5. The van der Waals surface area contributed by atoms with E-state index in [0.717, 1.165) is 4.88 Å². The first-order chi connectivity index (χ1) is 26.6. The summed E-state index contributed by atoms with van der Waals surface area (Å²) < 4.78 is 23.1. The van der Waals surface area contributed by atoms with Crippen molar-refractivity contribution in [3.63, 3.8) is 0 Å². The molecule has 2 amide bonds. The van der Waals surface area contributed by atoms with Crippen molar-refractivity contribution < 1.29 is 38.1 Å². The summed E-state index contributed by atoms with van der Waals surface area (Å²) in [6.45, 7) is -0.427. The Hall–Kier alpha value is -4.98. The Balaban J connectivity index is 1.13. The van der Waals surface area contributed by atoms with Gasteiger partial charge in [0.25, 0.3) is 5.91 Å². The number of thiophene rings is 1. The number of esters is 1. The Morgan fingerprint density at radius 2 is 1.49 bits per heavy atom. The molecule has 0 radical (unpaired) electrons. The zero-order valence-corrected chi connectivity index (χ0v) is 32.4. The van der Waals surface area contributed by atoms with Gasteiger partial charge in [0.1, 0.15) is 29.5 Å². The average Bonchev–Trinajstić information content (AvgIpc) is 3.70. The van der Waals surface area contributed by atoms with Crippen LogP contribution in [-0.4, -0.2) is 52.6 Å². The van der Waals surface area contributed by atoms with E-state index in [-0.39, 0.29) is 51.1 Å². The SMILES string of the molecule is O=C(Cc1cccs1)NC1C(=O)N2C(C(=O)OC(c3ccccc3)c3ccccc3)=C(COC(=O)Oc3cc(Cl)ccc3Oc3ccc(Cl)cc3Cl)CS[C@H]12. The van der Waals surface area contributed by atoms with Gasteiger partial charge in [0, 0.05) is 32.3 Å². The van der Waals surface area contributed by atoms with E-state index >= 15 is 0 Å². The largest absolute Gasteiger partial charge is 0.514 e. The third kappa shape index (κ3) is 8.95. The maximum Gasteiger partial charge on any atom is 0.514 e. The predicted octanol–water partition coefficient (Wildman–Crippen LogP) is 9.25. The molecular formula is C40H29Cl3N2O8S2. The molecule has 280 valence electrons. The first-order valence-electron chi connectivity index (χ1n) is 16.7. The molecule has 15 heteroatoms. The third-order valence-corrected chi connectivity index (χ3v) is 11.5. The molecule has 7 rings (SSSR count). The molecule has 4 aromatic carbocycles. The molecule has 1 unspecified atom stereocenters. The van der Waals surface area contributed by atoms with Gasteiger partial charge in [-0.3, -0.25) is 14.5 Å². The summed E-state index contributed by atoms with van der Waals surface area (Å²) in [7, 11) is 0. The monoisotopic (exact) mass is 834 g/mol. The Morgan fingerprint density at radius 1 is 0.818 bits per heavy atom. The standard InChI is InChI=1S/C40H29Cl3N2O8S2/c41-26-13-15-30(29(43)18-26)51-31-16-14-27(42)19-32(31)52-40(49)50-21-25-22-55-38-34(44-33(46)20-28-12-7-17-54-28)37(47)45(38)35(25)39(48)53-36(23-8-3-1-4-9-23)24-10-5-2-6-11-24/h1-19,34,36,38H,20-22H2,(H,44,46)/t34?,38-/m1/s1. The number of hydrogen-bond acceptors (Lipinski definition) is 10. The highest BCUT2D eigenvalue weighted by atomic mass is 35.5. The van der Waals surface area contributed by atoms with Crippen molar-refractivity contribution in [2.75, 3.05) is 12.4 Å². The third-order valence-electron chi connectivity index (χ3n) is 8.48. The molecule has 0 aliphatic carbocycles. The quantitative estimate of drug-likeness (QED) is 0.0745. The van der Waals surface area contributed by atoms with E-state index < -0.39 is 42.2 Å². The molecule has 2 aliphatic heterocycles. The molecule has 3 heterocycles. The van der Waals surface area contributed by atoms with Crippen LogP contribution in [0.2, 0.25) is 15.1 Å². The molecule has 0 saturated carbocycles. The van der Waals surface area contributed by atoms with E-state index in [2.05, 4.69) is 5.32 Å². The number of ether oxygens (including phenoxy) is 4. The lowest BCUT2D eigenvalue weighted by atomic mass is 10.0. The maximum atomic E-state index is 14.3. The van der Waals surface area contributed by atoms with Crippen molar-refractivity contribution in [1.82, 2.24) is 10.2 Å². The minimum atomic E-state index is -1.14. The van der Waals surface area contributed by atoms with Crippen molar-refractivity contribution in [3.05, 3.63) is 157 Å². The van der Waals surface area contributed by atoms with E-state index in [0.29, 0.717) is 21.7 Å². The lowest BCUT2D eigenvalue weighted by molar-refractivity contribution is -0.154. The number of thioether (sulfide) groups is 1. The number of carbonyl (C=O) groups excluding carboxylic acids is 4. The van der Waals surface area contributed by atoms with Gasteiger partial charge in [-0.2, -0.15) is 0 Å². The van der Waals surface area contributed by atoms with Gasteiger partial charge in [0.05, 0.1) is 11.4 Å². The molecule has 0 bridgehead atoms. The summed E-state index contributed by atoms with van der Waals surface area (Å²) >= 11 is 21.3. The van der Waals surface area contributed by atoms with Gasteiger partial charge in [-0.25, -0.2) is 9.59 Å². The molecule has 5 aromatic rings. The molecule has 55 heavy (non-hydrogen) atoms. The molecule has 10 nitrogen and oxygen atoms in total. The molecule has 2 aliphatic rings. The van der Waals surface area contributed by atoms with Crippen LogP contribution in [0, 0.1) is 0 Å². The van der Waals surface area contributed by atoms with E-state index in [9.17, 15) is 19.2 Å². The number of β-lactam (4-membered cyclic amide) rings is 1. The molecule has 0 spiro atoms. The minimum absolute atomic E-state index is 0.0668. The number of halogens is 3. The van der Waals surface area contributed by atoms with E-state index in [1.54, 1.807) is 12.1 Å². The smallest absolute Gasteiger partial charge is 0.452 e. The van der Waals surface area contributed by atoms with E-state index in [1.165, 1.54) is 52.3 Å². The fraction of sp³-hybridized carbons (Fsp3) is 0.150. The number of rotatable bonds is 12. The molecule has 1 N–H and O–H groups in total. The van der Waals surface area contributed by atoms with E-state index in [4.69, 9.17) is 53.8 Å². The van der Waals surface area contributed by atoms with Crippen LogP contribution in [0.1, 0.15) is 22.1 Å². The summed E-state index contributed by atoms with van der Waals surface area (Å²) in [5.41, 5.74) is 1.64. The molecule has 2 atom stereocenters. The van der Waals surface area contributed by atoms with Crippen molar-refractivity contribution in [2.24, 2.45) is 0 Å². The topological polar surface area (TPSA) is 120 Å². The van der Waals surface area contributed by atoms with Gasteiger partial charge >= 0.3 is 12.1 Å². The van der Waals surface area contributed by atoms with Gasteiger partial charge in [-0.15, -0.1) is 23.1 Å². The Morgan fingerprint density at radius 3 is 2.15 bits per heavy atom. The fourth-order valence-corrected chi connectivity index (χ4v) is 8.55. The van der Waals surface area contributed by atoms with Crippen LogP contribution in [-0.2, 0) is 30.3 Å². The Labute approximate surface area is 338 Å². The second-order valence-corrected chi connectivity index (χ2v) is 15.6. The van der Waals surface area contributed by atoms with Crippen LogP contribution in [0.25, 0.3) is 0 Å². The number of nitrogens with zero attached hydrogens (tertiary/aromatic N) is 1. The molecule has 1 saturated heterocycles. The number of hydrogen-bond donors (Lipinski definition) is 1. The Kier molecular flexibility index (Phi) is 12.0. The summed E-state index contributed by atoms with van der Waals surface area (Å²) in [4.78, 5) is 56.2. The summed E-state index contributed by atoms with van der Waals surface area (Å²) in [6.07, 6.45) is -1.84. The van der Waals surface area contributed by atoms with Gasteiger partial charge < -0.3 is 24.3 Å². The average molecular weight is 836 g/mol. The highest BCUT2D eigenvalue weighted by Gasteiger charge is 2.54. The van der Waals surface area contributed by atoms with Crippen LogP contribution < -0.4 is 14.8 Å². The van der Waals surface area contributed by atoms with Crippen LogP contribution in [0.3, 0.4) is 0 Å². The number of carbonyl (C=O) groups is 4. The molecular weight excluding hydrogens is 807 g/mol. The first kappa shape index (κ1) is 38.3. The summed E-state index contributed by atoms with van der Waals surface area (Å²) in [6, 6.07) is 30.2. The van der Waals surface area contributed by atoms with E-state index in [1.807, 2.05) is 78.2 Å². The van der Waals surface area contributed by atoms with Crippen LogP contribution in [0.5, 0.6) is 17.2 Å². The van der Waals surface area contributed by atoms with Crippen molar-refractivity contribution in [3.8, 4) is 17.2 Å². The van der Waals surface area contributed by atoms with Gasteiger partial charge in [-0.05, 0) is 52.9 Å². The molecule has 1 fully saturated rings. The fourth-order valence-electron chi connectivity index (χ4n) is 5.91. The summed E-state index contributed by atoms with van der Waals surface area (Å²) in [5.74, 6) is -1.16. The van der Waals surface area contributed by atoms with Gasteiger partial charge in [-0.1, -0.05) is 102 Å². The number of benzene rings is 4. The second kappa shape index (κ2) is 17.2. The zero-order valence-electron chi connectivity index (χ0n) is 28.5. The highest BCUT2D eigenvalue weighted by Crippen LogP contribution is 2.42. The van der Waals surface area contributed by atoms with Gasteiger partial charge in [0.15, 0.2) is 17.6 Å². The maximum absolute atomic E-state index is 14.3. The first-order valence-corrected chi connectivity index (χ1v) is 19.8. The van der Waals surface area contributed by atoms with Crippen molar-refractivity contribution >= 4 is 81.8 Å². The van der Waals surface area contributed by atoms with Crippen molar-refractivity contribution in [2.45, 2.75) is 23.9 Å². The lowest BCUT2D eigenvalue weighted by Crippen LogP contribution is -2.70. The van der Waals surface area contributed by atoms with Gasteiger partial charge in [0.2, 0.25) is 5.91 Å². The number of nitrogens with one attached hydrogen (secondary N) is 1. The highest BCUT2D eigenvalue weighted by molar-refractivity contribution is 8.00. The van der Waals surface area contributed by atoms with Crippen LogP contribution >= 0.6 is 57.9 Å². The Bertz CT molecular complexity index is 2220.